The Morgan fingerprint density at radius 3 is 2.88 bits per heavy atom. The quantitative estimate of drug-likeness (QED) is 0.538. The molecule has 0 aromatic rings. The number of carbonyl (C=O) groups excluding carboxylic acids is 2. The number of likely N-dealkylation sites (tertiary alicyclic amines) is 1. The van der Waals surface area contributed by atoms with Crippen LogP contribution >= 0.6 is 0 Å². The summed E-state index contributed by atoms with van der Waals surface area (Å²) < 4.78 is 5.00. The van der Waals surface area contributed by atoms with Gasteiger partial charge in [-0.1, -0.05) is 19.6 Å². The third-order valence-electron chi connectivity index (χ3n) is 2.74. The molecule has 0 radical (unpaired) electrons. The number of ether oxygens (including phenoxy) is 1. The van der Waals surface area contributed by atoms with Crippen molar-refractivity contribution in [2.24, 2.45) is 0 Å². The van der Waals surface area contributed by atoms with Gasteiger partial charge in [0, 0.05) is 13.0 Å². The van der Waals surface area contributed by atoms with Gasteiger partial charge in [0.2, 0.25) is 5.91 Å². The number of rotatable bonds is 4. The monoisotopic (exact) mass is 225 g/mol. The molecule has 0 aromatic carbocycles. The van der Waals surface area contributed by atoms with Crippen LogP contribution in [0.5, 0.6) is 0 Å². The summed E-state index contributed by atoms with van der Waals surface area (Å²) in [7, 11) is 0. The van der Waals surface area contributed by atoms with Crippen molar-refractivity contribution in [3.63, 3.8) is 0 Å². The second-order valence-electron chi connectivity index (χ2n) is 3.87. The molecule has 1 aliphatic rings. The molecule has 0 saturated carbocycles. The Hall–Kier alpha value is -1.32. The summed E-state index contributed by atoms with van der Waals surface area (Å²) in [4.78, 5) is 25.0. The predicted octanol–water partition coefficient (Wildman–Crippen LogP) is 1.51. The predicted molar refractivity (Wildman–Crippen MR) is 60.8 cm³/mol. The molecule has 0 aliphatic carbocycles. The lowest BCUT2D eigenvalue weighted by Crippen LogP contribution is -2.48. The minimum atomic E-state index is -0.388. The largest absolute Gasteiger partial charge is 0.460 e. The van der Waals surface area contributed by atoms with E-state index in [2.05, 4.69) is 6.58 Å². The number of carbonyl (C=O) groups is 2. The molecule has 1 heterocycles. The lowest BCUT2D eigenvalue weighted by molar-refractivity contribution is -0.156. The highest BCUT2D eigenvalue weighted by Gasteiger charge is 2.32. The summed E-state index contributed by atoms with van der Waals surface area (Å²) in [6.45, 7) is 6.18. The highest BCUT2D eigenvalue weighted by Crippen LogP contribution is 2.19. The second kappa shape index (κ2) is 6.30. The molecule has 90 valence electrons. The Balaban J connectivity index is 2.62. The Morgan fingerprint density at radius 2 is 2.25 bits per heavy atom. The van der Waals surface area contributed by atoms with Crippen LogP contribution in [0.4, 0.5) is 0 Å². The average Bonchev–Trinajstić information content (AvgIpc) is 2.35. The van der Waals surface area contributed by atoms with E-state index in [1.807, 2.05) is 6.92 Å². The van der Waals surface area contributed by atoms with Crippen molar-refractivity contribution in [1.29, 1.82) is 0 Å². The van der Waals surface area contributed by atoms with E-state index in [4.69, 9.17) is 4.74 Å². The van der Waals surface area contributed by atoms with Crippen molar-refractivity contribution in [1.82, 2.24) is 4.90 Å². The molecule has 4 nitrogen and oxygen atoms in total. The first-order chi connectivity index (χ1) is 7.70. The van der Waals surface area contributed by atoms with Crippen molar-refractivity contribution in [2.45, 2.75) is 38.6 Å². The molecule has 1 fully saturated rings. The fourth-order valence-corrected chi connectivity index (χ4v) is 1.92. The molecule has 1 saturated heterocycles. The van der Waals surface area contributed by atoms with Gasteiger partial charge >= 0.3 is 5.97 Å². The van der Waals surface area contributed by atoms with Crippen LogP contribution in [0.25, 0.3) is 0 Å². The summed E-state index contributed by atoms with van der Waals surface area (Å²) in [5, 5.41) is 0. The van der Waals surface area contributed by atoms with Crippen LogP contribution in [0.15, 0.2) is 12.7 Å². The SMILES string of the molecule is C=CCOC(=O)C1CCCCN1C(=O)CC. The van der Waals surface area contributed by atoms with Gasteiger partial charge in [0.15, 0.2) is 0 Å². The van der Waals surface area contributed by atoms with E-state index in [1.165, 1.54) is 6.08 Å². The normalized spacial score (nSPS) is 20.3. The zero-order chi connectivity index (χ0) is 12.0. The van der Waals surface area contributed by atoms with Gasteiger partial charge < -0.3 is 9.64 Å². The lowest BCUT2D eigenvalue weighted by atomic mass is 10.0. The fourth-order valence-electron chi connectivity index (χ4n) is 1.92. The van der Waals surface area contributed by atoms with Crippen LogP contribution < -0.4 is 0 Å². The van der Waals surface area contributed by atoms with E-state index in [0.717, 1.165) is 12.8 Å². The van der Waals surface area contributed by atoms with Crippen molar-refractivity contribution in [2.75, 3.05) is 13.2 Å². The van der Waals surface area contributed by atoms with E-state index < -0.39 is 0 Å². The van der Waals surface area contributed by atoms with Crippen molar-refractivity contribution in [3.8, 4) is 0 Å². The highest BCUT2D eigenvalue weighted by molar-refractivity contribution is 5.84. The Morgan fingerprint density at radius 1 is 1.50 bits per heavy atom. The summed E-state index contributed by atoms with van der Waals surface area (Å²) in [5.41, 5.74) is 0. The molecule has 1 amide bonds. The van der Waals surface area contributed by atoms with Gasteiger partial charge in [0.1, 0.15) is 12.6 Å². The number of hydrogen-bond donors (Lipinski definition) is 0. The van der Waals surface area contributed by atoms with Gasteiger partial charge in [-0.15, -0.1) is 0 Å². The molecule has 1 atom stereocenters. The molecule has 16 heavy (non-hydrogen) atoms. The maximum absolute atomic E-state index is 11.7. The summed E-state index contributed by atoms with van der Waals surface area (Å²) in [6.07, 6.45) is 4.62. The van der Waals surface area contributed by atoms with Crippen LogP contribution in [0.2, 0.25) is 0 Å². The van der Waals surface area contributed by atoms with Crippen LogP contribution in [-0.2, 0) is 14.3 Å². The van der Waals surface area contributed by atoms with Crippen LogP contribution in [0.3, 0.4) is 0 Å². The van der Waals surface area contributed by atoms with E-state index >= 15 is 0 Å². The van der Waals surface area contributed by atoms with Crippen molar-refractivity contribution >= 4 is 11.9 Å². The van der Waals surface area contributed by atoms with Gasteiger partial charge in [-0.2, -0.15) is 0 Å². The van der Waals surface area contributed by atoms with Crippen molar-refractivity contribution < 1.29 is 14.3 Å². The third kappa shape index (κ3) is 3.08. The van der Waals surface area contributed by atoms with E-state index in [1.54, 1.807) is 4.90 Å². The minimum absolute atomic E-state index is 0.0280. The average molecular weight is 225 g/mol. The van der Waals surface area contributed by atoms with Crippen LogP contribution in [0.1, 0.15) is 32.6 Å². The van der Waals surface area contributed by atoms with Crippen molar-refractivity contribution in [3.05, 3.63) is 12.7 Å². The minimum Gasteiger partial charge on any atom is -0.460 e. The zero-order valence-corrected chi connectivity index (χ0v) is 9.78. The first-order valence-corrected chi connectivity index (χ1v) is 5.77. The maximum atomic E-state index is 11.7. The topological polar surface area (TPSA) is 46.6 Å². The molecule has 1 unspecified atom stereocenters. The second-order valence-corrected chi connectivity index (χ2v) is 3.87. The summed E-state index contributed by atoms with van der Waals surface area (Å²) >= 11 is 0. The van der Waals surface area contributed by atoms with Gasteiger partial charge in [-0.25, -0.2) is 4.79 Å². The van der Waals surface area contributed by atoms with Gasteiger partial charge in [-0.3, -0.25) is 4.79 Å². The maximum Gasteiger partial charge on any atom is 0.329 e. The Labute approximate surface area is 96.3 Å². The molecule has 4 heteroatoms. The van der Waals surface area contributed by atoms with E-state index in [9.17, 15) is 9.59 Å². The lowest BCUT2D eigenvalue weighted by Gasteiger charge is -2.33. The van der Waals surface area contributed by atoms with E-state index in [-0.39, 0.29) is 24.5 Å². The molecular formula is C12H19NO3. The number of nitrogens with zero attached hydrogens (tertiary/aromatic N) is 1. The Bertz CT molecular complexity index is 275. The first-order valence-electron chi connectivity index (χ1n) is 5.77. The van der Waals surface area contributed by atoms with E-state index in [0.29, 0.717) is 19.4 Å². The highest BCUT2D eigenvalue weighted by atomic mass is 16.5. The number of piperidine rings is 1. The molecule has 0 bridgehead atoms. The summed E-state index contributed by atoms with van der Waals surface area (Å²) in [5.74, 6) is -0.276. The number of hydrogen-bond acceptors (Lipinski definition) is 3. The molecule has 0 aromatic heterocycles. The standard InChI is InChI=1S/C12H19NO3/c1-3-9-16-12(15)10-7-5-6-8-13(10)11(14)4-2/h3,10H,1,4-9H2,2H3. The fraction of sp³-hybridized carbons (Fsp3) is 0.667. The molecule has 1 rings (SSSR count). The number of amides is 1. The van der Waals surface area contributed by atoms with Crippen LogP contribution in [0, 0.1) is 0 Å². The number of esters is 1. The van der Waals surface area contributed by atoms with Crippen LogP contribution in [-0.4, -0.2) is 36.0 Å². The molecule has 0 N–H and O–H groups in total. The zero-order valence-electron chi connectivity index (χ0n) is 9.78. The molecule has 1 aliphatic heterocycles. The van der Waals surface area contributed by atoms with Gasteiger partial charge in [0.25, 0.3) is 0 Å². The van der Waals surface area contributed by atoms with Gasteiger partial charge in [0.05, 0.1) is 0 Å². The first kappa shape index (κ1) is 12.7. The molecular weight excluding hydrogens is 206 g/mol. The molecule has 0 spiro atoms. The smallest absolute Gasteiger partial charge is 0.329 e. The van der Waals surface area contributed by atoms with Gasteiger partial charge in [-0.05, 0) is 19.3 Å². The Kier molecular flexibility index (Phi) is 5.02. The summed E-state index contributed by atoms with van der Waals surface area (Å²) in [6, 6.07) is -0.388. The third-order valence-corrected chi connectivity index (χ3v) is 2.74.